The maximum atomic E-state index is 13.0. The van der Waals surface area contributed by atoms with Gasteiger partial charge in [0.15, 0.2) is 0 Å². The van der Waals surface area contributed by atoms with Crippen LogP contribution >= 0.6 is 0 Å². The minimum Gasteiger partial charge on any atom is -0.343 e. The molecule has 1 fully saturated rings. The molecule has 1 heterocycles. The smallest absolute Gasteiger partial charge is 0.314 e. The summed E-state index contributed by atoms with van der Waals surface area (Å²) in [6.45, 7) is 2.42. The molecule has 22 heavy (non-hydrogen) atoms. The molecule has 3 amide bonds. The van der Waals surface area contributed by atoms with Gasteiger partial charge < -0.3 is 15.5 Å². The predicted octanol–water partition coefficient (Wildman–Crippen LogP) is 1.68. The molecule has 1 aromatic rings. The Morgan fingerprint density at radius 3 is 2.59 bits per heavy atom. The summed E-state index contributed by atoms with van der Waals surface area (Å²) < 4.78 is 13.0. The van der Waals surface area contributed by atoms with Crippen LogP contribution in [0.25, 0.3) is 0 Å². The van der Waals surface area contributed by atoms with Gasteiger partial charge in [0.2, 0.25) is 5.91 Å². The largest absolute Gasteiger partial charge is 0.343 e. The Bertz CT molecular complexity index is 516. The van der Waals surface area contributed by atoms with Gasteiger partial charge in [0.25, 0.3) is 0 Å². The van der Waals surface area contributed by atoms with Crippen molar-refractivity contribution in [1.82, 2.24) is 15.5 Å². The molecule has 5 nitrogen and oxygen atoms in total. The standard InChI is InChI=1S/C16H22FN3O2/c17-14-5-3-4-13(12-14)6-8-18-16(22)19-9-7-15(21)20-10-1-2-11-20/h3-5,12H,1-2,6-11H2,(H2,18,19,22). The molecule has 0 unspecified atom stereocenters. The summed E-state index contributed by atoms with van der Waals surface area (Å²) in [4.78, 5) is 25.2. The lowest BCUT2D eigenvalue weighted by Crippen LogP contribution is -2.39. The topological polar surface area (TPSA) is 61.4 Å². The first-order valence-corrected chi connectivity index (χ1v) is 7.69. The lowest BCUT2D eigenvalue weighted by molar-refractivity contribution is -0.129. The summed E-state index contributed by atoms with van der Waals surface area (Å²) in [7, 11) is 0. The molecular weight excluding hydrogens is 285 g/mol. The van der Waals surface area contributed by atoms with Crippen molar-refractivity contribution in [2.24, 2.45) is 0 Å². The number of urea groups is 1. The normalized spacial score (nSPS) is 14.0. The Labute approximate surface area is 129 Å². The van der Waals surface area contributed by atoms with E-state index >= 15 is 0 Å². The number of hydrogen-bond donors (Lipinski definition) is 2. The maximum absolute atomic E-state index is 13.0. The van der Waals surface area contributed by atoms with E-state index in [0.29, 0.717) is 25.9 Å². The highest BCUT2D eigenvalue weighted by atomic mass is 19.1. The van der Waals surface area contributed by atoms with Gasteiger partial charge in [-0.2, -0.15) is 0 Å². The van der Waals surface area contributed by atoms with E-state index in [1.807, 2.05) is 11.0 Å². The fraction of sp³-hybridized carbons (Fsp3) is 0.500. The summed E-state index contributed by atoms with van der Waals surface area (Å²) in [5.41, 5.74) is 0.838. The summed E-state index contributed by atoms with van der Waals surface area (Å²) in [6, 6.07) is 6.01. The first-order valence-electron chi connectivity index (χ1n) is 7.69. The Morgan fingerprint density at radius 2 is 1.86 bits per heavy atom. The fourth-order valence-electron chi connectivity index (χ4n) is 2.48. The number of likely N-dealkylation sites (tertiary alicyclic amines) is 1. The molecule has 0 spiro atoms. The molecule has 1 aromatic carbocycles. The van der Waals surface area contributed by atoms with E-state index in [4.69, 9.17) is 0 Å². The van der Waals surface area contributed by atoms with Gasteiger partial charge in [0.1, 0.15) is 5.82 Å². The molecule has 1 saturated heterocycles. The van der Waals surface area contributed by atoms with Crippen molar-refractivity contribution < 1.29 is 14.0 Å². The number of rotatable bonds is 6. The molecule has 0 aromatic heterocycles. The van der Waals surface area contributed by atoms with Crippen LogP contribution in [0.15, 0.2) is 24.3 Å². The van der Waals surface area contributed by atoms with Crippen molar-refractivity contribution in [3.05, 3.63) is 35.6 Å². The van der Waals surface area contributed by atoms with Crippen LogP contribution in [-0.4, -0.2) is 43.0 Å². The monoisotopic (exact) mass is 307 g/mol. The molecule has 1 aliphatic rings. The number of hydrogen-bond acceptors (Lipinski definition) is 2. The average molecular weight is 307 g/mol. The summed E-state index contributed by atoms with van der Waals surface area (Å²) in [6.07, 6.45) is 3.04. The van der Waals surface area contributed by atoms with Crippen LogP contribution in [0.2, 0.25) is 0 Å². The molecule has 120 valence electrons. The second-order valence-electron chi connectivity index (χ2n) is 5.40. The third-order valence-electron chi connectivity index (χ3n) is 3.67. The quantitative estimate of drug-likeness (QED) is 0.840. The van der Waals surface area contributed by atoms with Crippen LogP contribution in [0.1, 0.15) is 24.8 Å². The van der Waals surface area contributed by atoms with Crippen molar-refractivity contribution in [3.63, 3.8) is 0 Å². The highest BCUT2D eigenvalue weighted by Crippen LogP contribution is 2.08. The molecule has 0 bridgehead atoms. The van der Waals surface area contributed by atoms with Gasteiger partial charge in [-0.25, -0.2) is 9.18 Å². The maximum Gasteiger partial charge on any atom is 0.314 e. The Hall–Kier alpha value is -2.11. The third kappa shape index (κ3) is 5.35. The minimum absolute atomic E-state index is 0.0950. The lowest BCUT2D eigenvalue weighted by atomic mass is 10.1. The first-order chi connectivity index (χ1) is 10.6. The summed E-state index contributed by atoms with van der Waals surface area (Å²) in [5, 5.41) is 5.36. The zero-order valence-corrected chi connectivity index (χ0v) is 12.6. The van der Waals surface area contributed by atoms with E-state index in [9.17, 15) is 14.0 Å². The van der Waals surface area contributed by atoms with Crippen molar-refractivity contribution in [1.29, 1.82) is 0 Å². The van der Waals surface area contributed by atoms with E-state index in [0.717, 1.165) is 31.5 Å². The Kier molecular flexibility index (Phi) is 6.18. The second kappa shape index (κ2) is 8.36. The van der Waals surface area contributed by atoms with E-state index in [2.05, 4.69) is 10.6 Å². The molecule has 2 N–H and O–H groups in total. The highest BCUT2D eigenvalue weighted by molar-refractivity contribution is 5.78. The van der Waals surface area contributed by atoms with E-state index in [-0.39, 0.29) is 17.8 Å². The number of carbonyl (C=O) groups is 2. The van der Waals surface area contributed by atoms with Gasteiger partial charge in [-0.3, -0.25) is 4.79 Å². The van der Waals surface area contributed by atoms with Crippen LogP contribution in [0.5, 0.6) is 0 Å². The second-order valence-corrected chi connectivity index (χ2v) is 5.40. The van der Waals surface area contributed by atoms with Gasteiger partial charge in [0, 0.05) is 32.6 Å². The van der Waals surface area contributed by atoms with Crippen molar-refractivity contribution in [2.75, 3.05) is 26.2 Å². The van der Waals surface area contributed by atoms with Crippen LogP contribution in [0, 0.1) is 5.82 Å². The van der Waals surface area contributed by atoms with Crippen LogP contribution in [0.4, 0.5) is 9.18 Å². The number of halogens is 1. The molecule has 0 saturated carbocycles. The van der Waals surface area contributed by atoms with Gasteiger partial charge in [-0.15, -0.1) is 0 Å². The van der Waals surface area contributed by atoms with Crippen molar-refractivity contribution in [2.45, 2.75) is 25.7 Å². The molecule has 2 rings (SSSR count). The van der Waals surface area contributed by atoms with Crippen LogP contribution < -0.4 is 10.6 Å². The van der Waals surface area contributed by atoms with E-state index in [1.54, 1.807) is 6.07 Å². The van der Waals surface area contributed by atoms with Crippen molar-refractivity contribution in [3.8, 4) is 0 Å². The number of nitrogens with zero attached hydrogens (tertiary/aromatic N) is 1. The first kappa shape index (κ1) is 16.3. The number of benzene rings is 1. The lowest BCUT2D eigenvalue weighted by Gasteiger charge is -2.15. The fourth-order valence-corrected chi connectivity index (χ4v) is 2.48. The molecule has 0 atom stereocenters. The summed E-state index contributed by atoms with van der Waals surface area (Å²) >= 11 is 0. The predicted molar refractivity (Wildman–Crippen MR) is 81.9 cm³/mol. The minimum atomic E-state index is -0.300. The van der Waals surface area contributed by atoms with Gasteiger partial charge in [-0.1, -0.05) is 12.1 Å². The number of amides is 3. The zero-order chi connectivity index (χ0) is 15.8. The Balaban J connectivity index is 1.57. The Morgan fingerprint density at radius 1 is 1.14 bits per heavy atom. The third-order valence-corrected chi connectivity index (χ3v) is 3.67. The molecular formula is C16H22FN3O2. The van der Waals surface area contributed by atoms with Crippen molar-refractivity contribution >= 4 is 11.9 Å². The molecule has 6 heteroatoms. The zero-order valence-electron chi connectivity index (χ0n) is 12.6. The van der Waals surface area contributed by atoms with Gasteiger partial charge in [-0.05, 0) is 37.0 Å². The van der Waals surface area contributed by atoms with Crippen LogP contribution in [-0.2, 0) is 11.2 Å². The van der Waals surface area contributed by atoms with E-state index < -0.39 is 0 Å². The molecule has 0 aliphatic carbocycles. The van der Waals surface area contributed by atoms with E-state index in [1.165, 1.54) is 12.1 Å². The number of nitrogens with one attached hydrogen (secondary N) is 2. The average Bonchev–Trinajstić information content (AvgIpc) is 3.01. The molecule has 1 aliphatic heterocycles. The summed E-state index contributed by atoms with van der Waals surface area (Å²) in [5.74, 6) is -0.181. The molecule has 0 radical (unpaired) electrons. The SMILES string of the molecule is O=C(NCCC(=O)N1CCCC1)NCCc1cccc(F)c1. The van der Waals surface area contributed by atoms with Crippen LogP contribution in [0.3, 0.4) is 0 Å². The van der Waals surface area contributed by atoms with Gasteiger partial charge in [0.05, 0.1) is 0 Å². The van der Waals surface area contributed by atoms with Gasteiger partial charge >= 0.3 is 6.03 Å². The number of carbonyl (C=O) groups excluding carboxylic acids is 2. The highest BCUT2D eigenvalue weighted by Gasteiger charge is 2.17.